The molecule has 1 aromatic rings. The molecule has 1 rings (SSSR count). The van der Waals surface area contributed by atoms with E-state index in [-0.39, 0.29) is 6.61 Å². The second kappa shape index (κ2) is 8.63. The molecule has 1 aromatic carbocycles. The van der Waals surface area contributed by atoms with Crippen molar-refractivity contribution in [3.63, 3.8) is 0 Å². The normalized spacial score (nSPS) is 12.1. The molecule has 0 aliphatic carbocycles. The summed E-state index contributed by atoms with van der Waals surface area (Å²) < 4.78 is 15.9. The SMILES string of the molecule is CC(OCCOCCO)Oc1ccc(C=O)cc1. The minimum Gasteiger partial charge on any atom is -0.465 e. The molecule has 0 saturated carbocycles. The molecule has 1 atom stereocenters. The molecule has 1 N–H and O–H groups in total. The molecular weight excluding hydrogens is 236 g/mol. The van der Waals surface area contributed by atoms with Crippen LogP contribution in [0.5, 0.6) is 5.75 Å². The van der Waals surface area contributed by atoms with Crippen LogP contribution >= 0.6 is 0 Å². The summed E-state index contributed by atoms with van der Waals surface area (Å²) in [4.78, 5) is 10.5. The third-order valence-electron chi connectivity index (χ3n) is 2.13. The Morgan fingerprint density at radius 2 is 1.94 bits per heavy atom. The van der Waals surface area contributed by atoms with E-state index in [1.54, 1.807) is 31.2 Å². The van der Waals surface area contributed by atoms with Crippen molar-refractivity contribution in [3.8, 4) is 5.75 Å². The van der Waals surface area contributed by atoms with E-state index in [1.165, 1.54) is 0 Å². The summed E-state index contributed by atoms with van der Waals surface area (Å²) in [5.41, 5.74) is 0.605. The number of aliphatic hydroxyl groups excluding tert-OH is 1. The molecule has 0 spiro atoms. The van der Waals surface area contributed by atoms with E-state index in [2.05, 4.69) is 0 Å². The van der Waals surface area contributed by atoms with E-state index in [1.807, 2.05) is 0 Å². The highest BCUT2D eigenvalue weighted by atomic mass is 16.7. The molecule has 0 aliphatic rings. The fraction of sp³-hybridized carbons (Fsp3) is 0.462. The van der Waals surface area contributed by atoms with E-state index in [9.17, 15) is 4.79 Å². The van der Waals surface area contributed by atoms with E-state index in [4.69, 9.17) is 19.3 Å². The largest absolute Gasteiger partial charge is 0.465 e. The van der Waals surface area contributed by atoms with Crippen molar-refractivity contribution in [2.45, 2.75) is 13.2 Å². The monoisotopic (exact) mass is 254 g/mol. The zero-order valence-electron chi connectivity index (χ0n) is 10.4. The summed E-state index contributed by atoms with van der Waals surface area (Å²) >= 11 is 0. The number of aliphatic hydroxyl groups is 1. The van der Waals surface area contributed by atoms with Gasteiger partial charge in [-0.25, -0.2) is 0 Å². The van der Waals surface area contributed by atoms with Gasteiger partial charge in [0.05, 0.1) is 26.4 Å². The minimum absolute atomic E-state index is 0.00906. The van der Waals surface area contributed by atoms with Crippen molar-refractivity contribution in [2.24, 2.45) is 0 Å². The number of hydrogen-bond donors (Lipinski definition) is 1. The van der Waals surface area contributed by atoms with E-state index >= 15 is 0 Å². The van der Waals surface area contributed by atoms with Crippen LogP contribution in [0.2, 0.25) is 0 Å². The van der Waals surface area contributed by atoms with Crippen LogP contribution in [0.25, 0.3) is 0 Å². The van der Waals surface area contributed by atoms with Crippen LogP contribution in [0.1, 0.15) is 17.3 Å². The summed E-state index contributed by atoms with van der Waals surface area (Å²) in [5.74, 6) is 0.643. The number of carbonyl (C=O) groups is 1. The van der Waals surface area contributed by atoms with Gasteiger partial charge in [-0.15, -0.1) is 0 Å². The van der Waals surface area contributed by atoms with Crippen LogP contribution in [0, 0.1) is 0 Å². The Kier molecular flexibility index (Phi) is 7.01. The van der Waals surface area contributed by atoms with E-state index < -0.39 is 6.29 Å². The van der Waals surface area contributed by atoms with Crippen molar-refractivity contribution < 1.29 is 24.1 Å². The lowest BCUT2D eigenvalue weighted by Crippen LogP contribution is -2.19. The molecule has 0 fully saturated rings. The first-order chi connectivity index (χ1) is 8.76. The highest BCUT2D eigenvalue weighted by Gasteiger charge is 2.03. The first-order valence-corrected chi connectivity index (χ1v) is 5.78. The summed E-state index contributed by atoms with van der Waals surface area (Å²) in [5, 5.41) is 8.50. The molecule has 0 radical (unpaired) electrons. The molecule has 0 saturated heterocycles. The van der Waals surface area contributed by atoms with Gasteiger partial charge < -0.3 is 19.3 Å². The molecule has 0 bridgehead atoms. The maximum Gasteiger partial charge on any atom is 0.197 e. The fourth-order valence-corrected chi connectivity index (χ4v) is 1.29. The number of benzene rings is 1. The second-order valence-corrected chi connectivity index (χ2v) is 3.58. The molecular formula is C13H18O5. The Bertz CT molecular complexity index is 336. The highest BCUT2D eigenvalue weighted by molar-refractivity contribution is 5.74. The van der Waals surface area contributed by atoms with Gasteiger partial charge in [-0.2, -0.15) is 0 Å². The Balaban J connectivity index is 2.22. The van der Waals surface area contributed by atoms with E-state index in [0.717, 1.165) is 6.29 Å². The van der Waals surface area contributed by atoms with Crippen LogP contribution < -0.4 is 4.74 Å². The molecule has 0 heterocycles. The number of ether oxygens (including phenoxy) is 3. The average molecular weight is 254 g/mol. The minimum atomic E-state index is -0.398. The molecule has 0 aromatic heterocycles. The van der Waals surface area contributed by atoms with Gasteiger partial charge in [0, 0.05) is 5.56 Å². The van der Waals surface area contributed by atoms with Gasteiger partial charge in [0.1, 0.15) is 12.0 Å². The van der Waals surface area contributed by atoms with Crippen LogP contribution in [-0.2, 0) is 9.47 Å². The van der Waals surface area contributed by atoms with Crippen molar-refractivity contribution in [1.82, 2.24) is 0 Å². The molecule has 5 nitrogen and oxygen atoms in total. The van der Waals surface area contributed by atoms with Gasteiger partial charge in [-0.1, -0.05) is 0 Å². The van der Waals surface area contributed by atoms with Gasteiger partial charge >= 0.3 is 0 Å². The highest BCUT2D eigenvalue weighted by Crippen LogP contribution is 2.13. The average Bonchev–Trinajstić information content (AvgIpc) is 2.39. The Morgan fingerprint density at radius 3 is 2.56 bits per heavy atom. The molecule has 0 amide bonds. The van der Waals surface area contributed by atoms with Crippen LogP contribution in [0.3, 0.4) is 0 Å². The standard InChI is InChI=1S/C13H18O5/c1-11(17-9-8-16-7-6-14)18-13-4-2-12(10-15)3-5-13/h2-5,10-11,14H,6-9H2,1H3. The summed E-state index contributed by atoms with van der Waals surface area (Å²) in [6.45, 7) is 2.91. The van der Waals surface area contributed by atoms with Crippen molar-refractivity contribution in [1.29, 1.82) is 0 Å². The molecule has 0 aliphatic heterocycles. The van der Waals surface area contributed by atoms with Crippen LogP contribution in [-0.4, -0.2) is 44.1 Å². The van der Waals surface area contributed by atoms with Crippen LogP contribution in [0.4, 0.5) is 0 Å². The second-order valence-electron chi connectivity index (χ2n) is 3.58. The van der Waals surface area contributed by atoms with Gasteiger partial charge in [-0.05, 0) is 31.2 Å². The quantitative estimate of drug-likeness (QED) is 0.408. The topological polar surface area (TPSA) is 65.0 Å². The predicted octanol–water partition coefficient (Wildman–Crippen LogP) is 1.25. The van der Waals surface area contributed by atoms with E-state index in [0.29, 0.717) is 31.1 Å². The van der Waals surface area contributed by atoms with Gasteiger partial charge in [0.15, 0.2) is 6.29 Å². The maximum absolute atomic E-state index is 10.5. The number of hydrogen-bond acceptors (Lipinski definition) is 5. The third kappa shape index (κ3) is 5.77. The Morgan fingerprint density at radius 1 is 1.22 bits per heavy atom. The summed E-state index contributed by atoms with van der Waals surface area (Å²) in [6.07, 6.45) is 0.382. The Labute approximate surface area is 106 Å². The molecule has 5 heteroatoms. The fourth-order valence-electron chi connectivity index (χ4n) is 1.29. The predicted molar refractivity (Wildman–Crippen MR) is 65.8 cm³/mol. The van der Waals surface area contributed by atoms with Gasteiger partial charge in [0.2, 0.25) is 0 Å². The first-order valence-electron chi connectivity index (χ1n) is 5.78. The van der Waals surface area contributed by atoms with Crippen molar-refractivity contribution in [3.05, 3.63) is 29.8 Å². The molecule has 100 valence electrons. The van der Waals surface area contributed by atoms with Gasteiger partial charge in [-0.3, -0.25) is 4.79 Å². The lowest BCUT2D eigenvalue weighted by Gasteiger charge is -2.15. The number of aldehydes is 1. The summed E-state index contributed by atoms with van der Waals surface area (Å²) in [7, 11) is 0. The first kappa shape index (κ1) is 14.6. The lowest BCUT2D eigenvalue weighted by atomic mass is 10.2. The molecule has 1 unspecified atom stereocenters. The zero-order chi connectivity index (χ0) is 13.2. The zero-order valence-corrected chi connectivity index (χ0v) is 10.4. The summed E-state index contributed by atoms with van der Waals surface area (Å²) in [6, 6.07) is 6.79. The lowest BCUT2D eigenvalue weighted by molar-refractivity contribution is -0.0847. The van der Waals surface area contributed by atoms with Crippen molar-refractivity contribution >= 4 is 6.29 Å². The maximum atomic E-state index is 10.5. The van der Waals surface area contributed by atoms with Gasteiger partial charge in [0.25, 0.3) is 0 Å². The number of rotatable bonds is 9. The smallest absolute Gasteiger partial charge is 0.197 e. The number of carbonyl (C=O) groups excluding carboxylic acids is 1. The van der Waals surface area contributed by atoms with Crippen molar-refractivity contribution in [2.75, 3.05) is 26.4 Å². The van der Waals surface area contributed by atoms with Crippen LogP contribution in [0.15, 0.2) is 24.3 Å². The molecule has 18 heavy (non-hydrogen) atoms. The third-order valence-corrected chi connectivity index (χ3v) is 2.13. The Hall–Kier alpha value is -1.43.